The molecule has 0 aliphatic heterocycles. The largest absolute Gasteiger partial charge is 0.345 e. The zero-order valence-electron chi connectivity index (χ0n) is 9.99. The van der Waals surface area contributed by atoms with Gasteiger partial charge < -0.3 is 4.52 Å². The number of hydrogen-bond acceptors (Lipinski definition) is 2. The number of rotatable bonds is 7. The van der Waals surface area contributed by atoms with Gasteiger partial charge in [-0.15, -0.1) is 0 Å². The maximum absolute atomic E-state index is 12.5. The summed E-state index contributed by atoms with van der Waals surface area (Å²) < 4.78 is 21.5. The Balaban J connectivity index is 4.83. The summed E-state index contributed by atoms with van der Waals surface area (Å²) in [6.07, 6.45) is 0. The highest BCUT2D eigenvalue weighted by atomic mass is 31.2. The van der Waals surface area contributed by atoms with Crippen LogP contribution in [0.4, 0.5) is 0 Å². The van der Waals surface area contributed by atoms with Crippen LogP contribution >= 0.6 is 7.67 Å². The van der Waals surface area contributed by atoms with Crippen molar-refractivity contribution in [2.75, 3.05) is 33.3 Å². The second kappa shape index (κ2) is 6.57. The van der Waals surface area contributed by atoms with E-state index in [4.69, 9.17) is 4.52 Å². The minimum atomic E-state index is -2.75. The van der Waals surface area contributed by atoms with Gasteiger partial charge in [0.15, 0.2) is 0 Å². The molecule has 14 heavy (non-hydrogen) atoms. The molecule has 0 bridgehead atoms. The third-order valence-electron chi connectivity index (χ3n) is 2.41. The van der Waals surface area contributed by atoms with E-state index >= 15 is 0 Å². The van der Waals surface area contributed by atoms with Crippen LogP contribution in [0.2, 0.25) is 0 Å². The van der Waals surface area contributed by atoms with E-state index in [-0.39, 0.29) is 0 Å². The molecule has 0 spiro atoms. The second-order valence-corrected chi connectivity index (χ2v) is 5.43. The molecule has 0 aromatic carbocycles. The quantitative estimate of drug-likeness (QED) is 0.619. The fourth-order valence-electron chi connectivity index (χ4n) is 1.57. The maximum atomic E-state index is 12.5. The molecule has 4 nitrogen and oxygen atoms in total. The Labute approximate surface area is 87.8 Å². The predicted octanol–water partition coefficient (Wildman–Crippen LogP) is 2.42. The first kappa shape index (κ1) is 14.1. The highest BCUT2D eigenvalue weighted by molar-refractivity contribution is 7.53. The molecule has 0 radical (unpaired) electrons. The van der Waals surface area contributed by atoms with Gasteiger partial charge in [-0.3, -0.25) is 4.57 Å². The third-order valence-corrected chi connectivity index (χ3v) is 5.45. The van der Waals surface area contributed by atoms with Crippen molar-refractivity contribution in [1.29, 1.82) is 0 Å². The van der Waals surface area contributed by atoms with Crippen molar-refractivity contribution in [3.8, 4) is 0 Å². The maximum Gasteiger partial charge on any atom is 0.345 e. The van der Waals surface area contributed by atoms with Gasteiger partial charge >= 0.3 is 7.67 Å². The summed E-state index contributed by atoms with van der Waals surface area (Å²) in [4.78, 5) is 0. The molecular formula is C9H23N2O2P. The molecule has 0 aliphatic carbocycles. The molecule has 0 heterocycles. The molecule has 0 aromatic heterocycles. The molecule has 0 atom stereocenters. The molecule has 0 rings (SSSR count). The minimum Gasteiger partial charge on any atom is -0.309 e. The van der Waals surface area contributed by atoms with E-state index in [2.05, 4.69) is 0 Å². The van der Waals surface area contributed by atoms with E-state index in [0.717, 1.165) is 26.2 Å². The van der Waals surface area contributed by atoms with Crippen LogP contribution in [0.3, 0.4) is 0 Å². The van der Waals surface area contributed by atoms with Gasteiger partial charge in [-0.2, -0.15) is 0 Å². The average molecular weight is 222 g/mol. The van der Waals surface area contributed by atoms with Gasteiger partial charge in [0.1, 0.15) is 0 Å². The van der Waals surface area contributed by atoms with Gasteiger partial charge in [-0.1, -0.05) is 27.7 Å². The van der Waals surface area contributed by atoms with E-state index in [0.29, 0.717) is 0 Å². The van der Waals surface area contributed by atoms with Crippen molar-refractivity contribution >= 4 is 7.67 Å². The molecule has 0 aliphatic rings. The van der Waals surface area contributed by atoms with Gasteiger partial charge in [0, 0.05) is 33.3 Å². The third kappa shape index (κ3) is 2.80. The number of nitrogens with zero attached hydrogens (tertiary/aromatic N) is 2. The monoisotopic (exact) mass is 222 g/mol. The first-order valence-corrected chi connectivity index (χ1v) is 6.80. The van der Waals surface area contributed by atoms with Crippen molar-refractivity contribution < 1.29 is 9.09 Å². The van der Waals surface area contributed by atoms with Crippen molar-refractivity contribution in [3.05, 3.63) is 0 Å². The van der Waals surface area contributed by atoms with Crippen molar-refractivity contribution in [2.24, 2.45) is 0 Å². The molecule has 0 saturated carbocycles. The minimum absolute atomic E-state index is 0.748. The molecule has 0 saturated heterocycles. The van der Waals surface area contributed by atoms with Crippen LogP contribution in [0.1, 0.15) is 27.7 Å². The topological polar surface area (TPSA) is 32.8 Å². The fourth-order valence-corrected chi connectivity index (χ4v) is 3.82. The summed E-state index contributed by atoms with van der Waals surface area (Å²) in [6.45, 7) is 11.0. The van der Waals surface area contributed by atoms with Crippen molar-refractivity contribution in [2.45, 2.75) is 27.7 Å². The molecule has 0 fully saturated rings. The molecule has 0 N–H and O–H groups in total. The smallest absolute Gasteiger partial charge is 0.309 e. The van der Waals surface area contributed by atoms with Gasteiger partial charge in [-0.25, -0.2) is 9.34 Å². The molecule has 86 valence electrons. The average Bonchev–Trinajstić information content (AvgIpc) is 2.21. The van der Waals surface area contributed by atoms with E-state index in [1.54, 1.807) is 0 Å². The lowest BCUT2D eigenvalue weighted by Gasteiger charge is -2.35. The second-order valence-electron chi connectivity index (χ2n) is 2.95. The first-order chi connectivity index (χ1) is 6.60. The Bertz CT molecular complexity index is 175. The van der Waals surface area contributed by atoms with Gasteiger partial charge in [0.25, 0.3) is 0 Å². The van der Waals surface area contributed by atoms with Gasteiger partial charge in [0.2, 0.25) is 0 Å². The van der Waals surface area contributed by atoms with Gasteiger partial charge in [-0.05, 0) is 0 Å². The molecule has 0 aromatic rings. The van der Waals surface area contributed by atoms with Crippen LogP contribution in [0.25, 0.3) is 0 Å². The van der Waals surface area contributed by atoms with E-state index in [9.17, 15) is 4.57 Å². The van der Waals surface area contributed by atoms with Crippen molar-refractivity contribution in [1.82, 2.24) is 9.34 Å². The highest BCUT2D eigenvalue weighted by Gasteiger charge is 2.34. The van der Waals surface area contributed by atoms with Crippen LogP contribution < -0.4 is 0 Å². The molecule has 5 heteroatoms. The highest BCUT2D eigenvalue weighted by Crippen LogP contribution is 2.52. The van der Waals surface area contributed by atoms with E-state index in [1.807, 2.05) is 37.0 Å². The molecule has 0 amide bonds. The SMILES string of the molecule is CCN(CC)P(=O)(OC)N(CC)CC. The lowest BCUT2D eigenvalue weighted by Crippen LogP contribution is -2.32. The zero-order chi connectivity index (χ0) is 11.2. The number of hydrogen-bond donors (Lipinski definition) is 0. The Hall–Kier alpha value is 0.110. The van der Waals surface area contributed by atoms with Crippen LogP contribution in [-0.4, -0.2) is 42.6 Å². The Morgan fingerprint density at radius 1 is 0.929 bits per heavy atom. The van der Waals surface area contributed by atoms with Crippen LogP contribution in [0.5, 0.6) is 0 Å². The normalized spacial score (nSPS) is 12.8. The van der Waals surface area contributed by atoms with Crippen LogP contribution in [0, 0.1) is 0 Å². The predicted molar refractivity (Wildman–Crippen MR) is 60.5 cm³/mol. The zero-order valence-corrected chi connectivity index (χ0v) is 10.9. The van der Waals surface area contributed by atoms with E-state index < -0.39 is 7.67 Å². The summed E-state index contributed by atoms with van der Waals surface area (Å²) in [5, 5.41) is 0. The summed E-state index contributed by atoms with van der Waals surface area (Å²) in [5.41, 5.74) is 0. The summed E-state index contributed by atoms with van der Waals surface area (Å²) >= 11 is 0. The first-order valence-electron chi connectivity index (χ1n) is 5.27. The lowest BCUT2D eigenvalue weighted by atomic mass is 10.7. The van der Waals surface area contributed by atoms with Crippen LogP contribution in [0.15, 0.2) is 0 Å². The van der Waals surface area contributed by atoms with Gasteiger partial charge in [0.05, 0.1) is 0 Å². The molecule has 0 unspecified atom stereocenters. The van der Waals surface area contributed by atoms with E-state index in [1.165, 1.54) is 7.11 Å². The van der Waals surface area contributed by atoms with Crippen LogP contribution in [-0.2, 0) is 9.09 Å². The summed E-state index contributed by atoms with van der Waals surface area (Å²) in [5.74, 6) is 0. The molecular weight excluding hydrogens is 199 g/mol. The van der Waals surface area contributed by atoms with Crippen molar-refractivity contribution in [3.63, 3.8) is 0 Å². The summed E-state index contributed by atoms with van der Waals surface area (Å²) in [6, 6.07) is 0. The Kier molecular flexibility index (Phi) is 6.62. The summed E-state index contributed by atoms with van der Waals surface area (Å²) in [7, 11) is -1.23. The fraction of sp³-hybridized carbons (Fsp3) is 1.00. The Morgan fingerprint density at radius 3 is 1.36 bits per heavy atom. The lowest BCUT2D eigenvalue weighted by molar-refractivity contribution is 0.251. The Morgan fingerprint density at radius 2 is 1.21 bits per heavy atom. The standard InChI is InChI=1S/C9H23N2O2P/c1-6-10(7-2)14(12,13-5)11(8-3)9-4/h6-9H2,1-5H3.